The van der Waals surface area contributed by atoms with Crippen LogP contribution in [0.1, 0.15) is 30.9 Å². The Hall–Kier alpha value is -1.31. The molecule has 2 nitrogen and oxygen atoms in total. The lowest BCUT2D eigenvalue weighted by Crippen LogP contribution is -2.04. The zero-order valence-electron chi connectivity index (χ0n) is 9.20. The molecule has 80 valence electrons. The number of benzene rings is 1. The SMILES string of the molecule is CCCCOc1ccc2c(c1)C=NCC2. The minimum atomic E-state index is 0.812. The fourth-order valence-electron chi connectivity index (χ4n) is 1.69. The maximum absolute atomic E-state index is 5.65. The van der Waals surface area contributed by atoms with Crippen molar-refractivity contribution in [2.75, 3.05) is 13.2 Å². The monoisotopic (exact) mass is 203 g/mol. The van der Waals surface area contributed by atoms with Gasteiger partial charge in [-0.05, 0) is 36.1 Å². The summed E-state index contributed by atoms with van der Waals surface area (Å²) < 4.78 is 5.65. The molecule has 0 unspecified atom stereocenters. The van der Waals surface area contributed by atoms with Crippen molar-refractivity contribution in [1.29, 1.82) is 0 Å². The van der Waals surface area contributed by atoms with Crippen LogP contribution >= 0.6 is 0 Å². The molecule has 2 heteroatoms. The molecule has 1 aromatic rings. The summed E-state index contributed by atoms with van der Waals surface area (Å²) in [6.45, 7) is 3.90. The lowest BCUT2D eigenvalue weighted by molar-refractivity contribution is 0.309. The van der Waals surface area contributed by atoms with E-state index in [0.29, 0.717) is 0 Å². The Bertz CT molecular complexity index is 358. The third-order valence-corrected chi connectivity index (χ3v) is 2.62. The van der Waals surface area contributed by atoms with E-state index < -0.39 is 0 Å². The summed E-state index contributed by atoms with van der Waals surface area (Å²) in [5.74, 6) is 0.968. The van der Waals surface area contributed by atoms with Gasteiger partial charge in [-0.1, -0.05) is 19.4 Å². The summed E-state index contributed by atoms with van der Waals surface area (Å²) in [5, 5.41) is 0. The Morgan fingerprint density at radius 2 is 2.33 bits per heavy atom. The van der Waals surface area contributed by atoms with Gasteiger partial charge in [0.2, 0.25) is 0 Å². The van der Waals surface area contributed by atoms with E-state index in [0.717, 1.165) is 31.7 Å². The molecule has 0 bridgehead atoms. The third-order valence-electron chi connectivity index (χ3n) is 2.62. The molecule has 2 rings (SSSR count). The molecule has 0 atom stereocenters. The van der Waals surface area contributed by atoms with Gasteiger partial charge in [-0.3, -0.25) is 4.99 Å². The van der Waals surface area contributed by atoms with Gasteiger partial charge in [-0.15, -0.1) is 0 Å². The molecule has 1 aliphatic rings. The molecule has 0 spiro atoms. The number of rotatable bonds is 4. The van der Waals surface area contributed by atoms with Crippen molar-refractivity contribution >= 4 is 6.21 Å². The van der Waals surface area contributed by atoms with Crippen molar-refractivity contribution in [3.05, 3.63) is 29.3 Å². The van der Waals surface area contributed by atoms with Gasteiger partial charge < -0.3 is 4.74 Å². The van der Waals surface area contributed by atoms with Crippen LogP contribution in [-0.2, 0) is 6.42 Å². The van der Waals surface area contributed by atoms with Crippen LogP contribution in [0.4, 0.5) is 0 Å². The average Bonchev–Trinajstić information content (AvgIpc) is 2.29. The van der Waals surface area contributed by atoms with E-state index in [1.165, 1.54) is 17.5 Å². The van der Waals surface area contributed by atoms with E-state index >= 15 is 0 Å². The van der Waals surface area contributed by atoms with Crippen LogP contribution in [0.5, 0.6) is 5.75 Å². The molecule has 0 aromatic heterocycles. The first kappa shape index (κ1) is 10.2. The molecule has 0 radical (unpaired) electrons. The number of aliphatic imine (C=N–C) groups is 1. The normalized spacial score (nSPS) is 13.7. The summed E-state index contributed by atoms with van der Waals surface area (Å²) >= 11 is 0. The van der Waals surface area contributed by atoms with Crippen molar-refractivity contribution in [3.8, 4) is 5.75 Å². The standard InChI is InChI=1S/C13H17NO/c1-2-3-8-15-13-5-4-11-6-7-14-10-12(11)9-13/h4-5,9-10H,2-3,6-8H2,1H3. The molecule has 0 fully saturated rings. The van der Waals surface area contributed by atoms with E-state index in [1.54, 1.807) is 0 Å². The van der Waals surface area contributed by atoms with Gasteiger partial charge in [-0.2, -0.15) is 0 Å². The topological polar surface area (TPSA) is 21.6 Å². The van der Waals surface area contributed by atoms with E-state index in [2.05, 4.69) is 30.1 Å². The molecule has 0 aliphatic carbocycles. The number of hydrogen-bond acceptors (Lipinski definition) is 2. The lowest BCUT2D eigenvalue weighted by Gasteiger charge is -2.12. The van der Waals surface area contributed by atoms with Crippen LogP contribution in [0, 0.1) is 0 Å². The summed E-state index contributed by atoms with van der Waals surface area (Å²) in [7, 11) is 0. The van der Waals surface area contributed by atoms with Crippen molar-refractivity contribution in [2.24, 2.45) is 4.99 Å². The highest BCUT2D eigenvalue weighted by Gasteiger charge is 2.05. The Morgan fingerprint density at radius 1 is 1.40 bits per heavy atom. The minimum absolute atomic E-state index is 0.812. The second-order valence-electron chi connectivity index (χ2n) is 3.85. The largest absolute Gasteiger partial charge is 0.494 e. The first-order chi connectivity index (χ1) is 7.40. The number of hydrogen-bond donors (Lipinski definition) is 0. The molecule has 1 aliphatic heterocycles. The molecular weight excluding hydrogens is 186 g/mol. The molecule has 0 N–H and O–H groups in total. The summed E-state index contributed by atoms with van der Waals surface area (Å²) in [5.41, 5.74) is 2.60. The quantitative estimate of drug-likeness (QED) is 0.689. The highest BCUT2D eigenvalue weighted by atomic mass is 16.5. The van der Waals surface area contributed by atoms with Crippen LogP contribution in [0.3, 0.4) is 0 Å². The molecule has 1 aromatic carbocycles. The zero-order chi connectivity index (χ0) is 10.5. The van der Waals surface area contributed by atoms with Gasteiger partial charge in [0, 0.05) is 12.8 Å². The number of unbranched alkanes of at least 4 members (excludes halogenated alkanes) is 1. The minimum Gasteiger partial charge on any atom is -0.494 e. The number of ether oxygens (including phenoxy) is 1. The Labute approximate surface area is 91.0 Å². The van der Waals surface area contributed by atoms with Gasteiger partial charge >= 0.3 is 0 Å². The predicted octanol–water partition coefficient (Wildman–Crippen LogP) is 2.84. The maximum atomic E-state index is 5.65. The Balaban J connectivity index is 2.05. The summed E-state index contributed by atoms with van der Waals surface area (Å²) in [6.07, 6.45) is 5.30. The molecular formula is C13H17NO. The number of fused-ring (bicyclic) bond motifs is 1. The molecule has 15 heavy (non-hydrogen) atoms. The van der Waals surface area contributed by atoms with E-state index in [1.807, 2.05) is 6.21 Å². The van der Waals surface area contributed by atoms with Crippen LogP contribution in [-0.4, -0.2) is 19.4 Å². The lowest BCUT2D eigenvalue weighted by atomic mass is 10.0. The van der Waals surface area contributed by atoms with Crippen molar-refractivity contribution < 1.29 is 4.74 Å². The van der Waals surface area contributed by atoms with Crippen LogP contribution < -0.4 is 4.74 Å². The average molecular weight is 203 g/mol. The fraction of sp³-hybridized carbons (Fsp3) is 0.462. The third kappa shape index (κ3) is 2.58. The fourth-order valence-corrected chi connectivity index (χ4v) is 1.69. The molecule has 0 saturated carbocycles. The Morgan fingerprint density at radius 3 is 3.20 bits per heavy atom. The van der Waals surface area contributed by atoms with Crippen LogP contribution in [0.15, 0.2) is 23.2 Å². The van der Waals surface area contributed by atoms with Gasteiger partial charge in [0.15, 0.2) is 0 Å². The van der Waals surface area contributed by atoms with Gasteiger partial charge in [0.1, 0.15) is 5.75 Å². The van der Waals surface area contributed by atoms with Gasteiger partial charge in [-0.25, -0.2) is 0 Å². The molecule has 0 saturated heterocycles. The van der Waals surface area contributed by atoms with E-state index in [9.17, 15) is 0 Å². The Kier molecular flexibility index (Phi) is 3.38. The molecule has 1 heterocycles. The smallest absolute Gasteiger partial charge is 0.119 e. The highest BCUT2D eigenvalue weighted by molar-refractivity contribution is 5.83. The maximum Gasteiger partial charge on any atom is 0.119 e. The van der Waals surface area contributed by atoms with Gasteiger partial charge in [0.05, 0.1) is 6.61 Å². The second kappa shape index (κ2) is 4.96. The number of nitrogens with zero attached hydrogens (tertiary/aromatic N) is 1. The zero-order valence-corrected chi connectivity index (χ0v) is 9.20. The van der Waals surface area contributed by atoms with E-state index in [4.69, 9.17) is 4.74 Å². The van der Waals surface area contributed by atoms with Gasteiger partial charge in [0.25, 0.3) is 0 Å². The van der Waals surface area contributed by atoms with E-state index in [-0.39, 0.29) is 0 Å². The first-order valence-electron chi connectivity index (χ1n) is 5.65. The van der Waals surface area contributed by atoms with Crippen molar-refractivity contribution in [1.82, 2.24) is 0 Å². The summed E-state index contributed by atoms with van der Waals surface area (Å²) in [6, 6.07) is 6.31. The predicted molar refractivity (Wildman–Crippen MR) is 63.0 cm³/mol. The van der Waals surface area contributed by atoms with Crippen LogP contribution in [0.2, 0.25) is 0 Å². The highest BCUT2D eigenvalue weighted by Crippen LogP contribution is 2.19. The molecule has 0 amide bonds. The van der Waals surface area contributed by atoms with Crippen molar-refractivity contribution in [3.63, 3.8) is 0 Å². The van der Waals surface area contributed by atoms with Crippen molar-refractivity contribution in [2.45, 2.75) is 26.2 Å². The first-order valence-corrected chi connectivity index (χ1v) is 5.65. The summed E-state index contributed by atoms with van der Waals surface area (Å²) in [4.78, 5) is 4.28. The van der Waals surface area contributed by atoms with Crippen LogP contribution in [0.25, 0.3) is 0 Å². The second-order valence-corrected chi connectivity index (χ2v) is 3.85.